The summed E-state index contributed by atoms with van der Waals surface area (Å²) in [5.74, 6) is 0.977. The molecular weight excluding hydrogens is 214 g/mol. The lowest BCUT2D eigenvalue weighted by Gasteiger charge is -2.38. The highest BCUT2D eigenvalue weighted by molar-refractivity contribution is 5.59. The van der Waals surface area contributed by atoms with Crippen LogP contribution in [0.5, 0.6) is 5.75 Å². The highest BCUT2D eigenvalue weighted by Crippen LogP contribution is 2.31. The van der Waals surface area contributed by atoms with Gasteiger partial charge in [0.15, 0.2) is 0 Å². The smallest absolute Gasteiger partial charge is 0.126 e. The molecule has 1 fully saturated rings. The third-order valence-corrected chi connectivity index (χ3v) is 3.41. The Bertz CT molecular complexity index is 411. The molecule has 3 nitrogen and oxygen atoms in total. The van der Waals surface area contributed by atoms with Crippen LogP contribution in [0.1, 0.15) is 18.1 Å². The standard InChI is InChI=1S/C14H21NO2/c1-10-5-6-12(11(2)13(10)16-4)15-7-14(3)8-17-9-14/h5-6,15H,7-9H2,1-4H3. The predicted molar refractivity (Wildman–Crippen MR) is 69.9 cm³/mol. The van der Waals surface area contributed by atoms with Crippen LogP contribution in [0, 0.1) is 19.3 Å². The maximum absolute atomic E-state index is 5.42. The summed E-state index contributed by atoms with van der Waals surface area (Å²) in [6, 6.07) is 4.21. The molecule has 17 heavy (non-hydrogen) atoms. The van der Waals surface area contributed by atoms with Gasteiger partial charge >= 0.3 is 0 Å². The summed E-state index contributed by atoms with van der Waals surface area (Å²) in [5, 5.41) is 3.50. The van der Waals surface area contributed by atoms with Crippen molar-refractivity contribution in [1.82, 2.24) is 0 Å². The minimum atomic E-state index is 0.282. The molecule has 94 valence electrons. The number of methoxy groups -OCH3 is 1. The van der Waals surface area contributed by atoms with Crippen molar-refractivity contribution >= 4 is 5.69 Å². The molecule has 0 aliphatic carbocycles. The third kappa shape index (κ3) is 2.39. The van der Waals surface area contributed by atoms with Crippen LogP contribution in [0.3, 0.4) is 0 Å². The van der Waals surface area contributed by atoms with Gasteiger partial charge in [-0.3, -0.25) is 0 Å². The molecule has 1 saturated heterocycles. The van der Waals surface area contributed by atoms with Gasteiger partial charge in [-0.05, 0) is 25.5 Å². The lowest BCUT2D eigenvalue weighted by atomic mass is 9.88. The molecule has 0 aromatic heterocycles. The van der Waals surface area contributed by atoms with Crippen molar-refractivity contribution in [1.29, 1.82) is 0 Å². The van der Waals surface area contributed by atoms with E-state index in [0.29, 0.717) is 0 Å². The Morgan fingerprint density at radius 1 is 1.35 bits per heavy atom. The molecule has 0 amide bonds. The second-order valence-electron chi connectivity index (χ2n) is 5.25. The summed E-state index contributed by atoms with van der Waals surface area (Å²) >= 11 is 0. The average molecular weight is 235 g/mol. The molecule has 1 aromatic rings. The van der Waals surface area contributed by atoms with Gasteiger partial charge in [0.25, 0.3) is 0 Å². The maximum Gasteiger partial charge on any atom is 0.126 e. The van der Waals surface area contributed by atoms with Gasteiger partial charge in [0.1, 0.15) is 5.75 Å². The van der Waals surface area contributed by atoms with Crippen molar-refractivity contribution < 1.29 is 9.47 Å². The van der Waals surface area contributed by atoms with Crippen molar-refractivity contribution in [2.75, 3.05) is 32.2 Å². The first-order chi connectivity index (χ1) is 8.06. The van der Waals surface area contributed by atoms with Crippen LogP contribution in [0.15, 0.2) is 12.1 Å². The van der Waals surface area contributed by atoms with Crippen LogP contribution in [-0.4, -0.2) is 26.9 Å². The number of rotatable bonds is 4. The fourth-order valence-electron chi connectivity index (χ4n) is 2.19. The molecular formula is C14H21NO2. The van der Waals surface area contributed by atoms with E-state index in [-0.39, 0.29) is 5.41 Å². The van der Waals surface area contributed by atoms with E-state index in [1.807, 2.05) is 0 Å². The largest absolute Gasteiger partial charge is 0.496 e. The number of benzene rings is 1. The first kappa shape index (κ1) is 12.2. The SMILES string of the molecule is COc1c(C)ccc(NCC2(C)COC2)c1C. The molecule has 2 rings (SSSR count). The van der Waals surface area contributed by atoms with Gasteiger partial charge < -0.3 is 14.8 Å². The van der Waals surface area contributed by atoms with E-state index >= 15 is 0 Å². The lowest BCUT2D eigenvalue weighted by Crippen LogP contribution is -2.45. The minimum Gasteiger partial charge on any atom is -0.496 e. The van der Waals surface area contributed by atoms with Crippen LogP contribution < -0.4 is 10.1 Å². The lowest BCUT2D eigenvalue weighted by molar-refractivity contribution is -0.0924. The van der Waals surface area contributed by atoms with Gasteiger partial charge in [0.2, 0.25) is 0 Å². The Balaban J connectivity index is 2.10. The molecule has 1 heterocycles. The van der Waals surface area contributed by atoms with Crippen molar-refractivity contribution in [3.05, 3.63) is 23.3 Å². The fraction of sp³-hybridized carbons (Fsp3) is 0.571. The predicted octanol–water partition coefficient (Wildman–Crippen LogP) is 2.76. The van der Waals surface area contributed by atoms with Gasteiger partial charge in [0, 0.05) is 23.2 Å². The Kier molecular flexibility index (Phi) is 3.29. The summed E-state index contributed by atoms with van der Waals surface area (Å²) in [6.45, 7) is 9.04. The first-order valence-electron chi connectivity index (χ1n) is 6.01. The van der Waals surface area contributed by atoms with Gasteiger partial charge in [-0.15, -0.1) is 0 Å². The summed E-state index contributed by atoms with van der Waals surface area (Å²) in [6.07, 6.45) is 0. The summed E-state index contributed by atoms with van der Waals surface area (Å²) < 4.78 is 10.7. The quantitative estimate of drug-likeness (QED) is 0.870. The molecule has 0 spiro atoms. The summed E-state index contributed by atoms with van der Waals surface area (Å²) in [4.78, 5) is 0. The van der Waals surface area contributed by atoms with Crippen molar-refractivity contribution in [3.63, 3.8) is 0 Å². The van der Waals surface area contributed by atoms with Gasteiger partial charge in [-0.1, -0.05) is 13.0 Å². The van der Waals surface area contributed by atoms with Crippen LogP contribution in [-0.2, 0) is 4.74 Å². The fourth-order valence-corrected chi connectivity index (χ4v) is 2.19. The van der Waals surface area contributed by atoms with E-state index in [0.717, 1.165) is 31.2 Å². The molecule has 0 atom stereocenters. The Labute approximate surface area is 103 Å². The van der Waals surface area contributed by atoms with Gasteiger partial charge in [-0.2, -0.15) is 0 Å². The second kappa shape index (κ2) is 4.57. The molecule has 1 aromatic carbocycles. The number of aryl methyl sites for hydroxylation is 1. The number of nitrogens with one attached hydrogen (secondary N) is 1. The normalized spacial score (nSPS) is 17.4. The molecule has 1 N–H and O–H groups in total. The third-order valence-electron chi connectivity index (χ3n) is 3.41. The van der Waals surface area contributed by atoms with Crippen molar-refractivity contribution in [2.24, 2.45) is 5.41 Å². The Morgan fingerprint density at radius 2 is 2.06 bits per heavy atom. The average Bonchev–Trinajstić information content (AvgIpc) is 2.26. The first-order valence-corrected chi connectivity index (χ1v) is 6.01. The summed E-state index contributed by atoms with van der Waals surface area (Å²) in [5.41, 5.74) is 3.79. The Hall–Kier alpha value is -1.22. The van der Waals surface area contributed by atoms with E-state index in [2.05, 4.69) is 38.2 Å². The number of ether oxygens (including phenoxy) is 2. The molecule has 3 heteroatoms. The number of hydrogen-bond donors (Lipinski definition) is 1. The molecule has 0 bridgehead atoms. The zero-order chi connectivity index (χ0) is 12.5. The highest BCUT2D eigenvalue weighted by Gasteiger charge is 2.33. The number of hydrogen-bond acceptors (Lipinski definition) is 3. The summed E-state index contributed by atoms with van der Waals surface area (Å²) in [7, 11) is 1.72. The zero-order valence-electron chi connectivity index (χ0n) is 11.1. The van der Waals surface area contributed by atoms with Crippen LogP contribution in [0.2, 0.25) is 0 Å². The van der Waals surface area contributed by atoms with Gasteiger partial charge in [-0.25, -0.2) is 0 Å². The molecule has 0 unspecified atom stereocenters. The van der Waals surface area contributed by atoms with E-state index in [4.69, 9.17) is 9.47 Å². The molecule has 1 aliphatic rings. The maximum atomic E-state index is 5.42. The molecule has 1 aliphatic heterocycles. The van der Waals surface area contributed by atoms with Crippen LogP contribution >= 0.6 is 0 Å². The zero-order valence-corrected chi connectivity index (χ0v) is 11.1. The van der Waals surface area contributed by atoms with E-state index in [9.17, 15) is 0 Å². The second-order valence-corrected chi connectivity index (χ2v) is 5.25. The monoisotopic (exact) mass is 235 g/mol. The molecule has 0 saturated carbocycles. The topological polar surface area (TPSA) is 30.5 Å². The van der Waals surface area contributed by atoms with E-state index in [1.165, 1.54) is 11.1 Å². The van der Waals surface area contributed by atoms with Crippen molar-refractivity contribution in [3.8, 4) is 5.75 Å². The minimum absolute atomic E-state index is 0.282. The van der Waals surface area contributed by atoms with Crippen LogP contribution in [0.4, 0.5) is 5.69 Å². The van der Waals surface area contributed by atoms with Gasteiger partial charge in [0.05, 0.1) is 20.3 Å². The van der Waals surface area contributed by atoms with E-state index < -0.39 is 0 Å². The van der Waals surface area contributed by atoms with Crippen molar-refractivity contribution in [2.45, 2.75) is 20.8 Å². The van der Waals surface area contributed by atoms with E-state index in [1.54, 1.807) is 7.11 Å². The number of anilines is 1. The highest BCUT2D eigenvalue weighted by atomic mass is 16.5. The molecule has 0 radical (unpaired) electrons. The van der Waals surface area contributed by atoms with Crippen LogP contribution in [0.25, 0.3) is 0 Å². The Morgan fingerprint density at radius 3 is 2.59 bits per heavy atom.